The maximum absolute atomic E-state index is 12.8. The molecule has 114 valence electrons. The van der Waals surface area contributed by atoms with Gasteiger partial charge in [0.05, 0.1) is 5.69 Å². The van der Waals surface area contributed by atoms with E-state index in [2.05, 4.69) is 0 Å². The second-order valence-corrected chi connectivity index (χ2v) is 6.58. The summed E-state index contributed by atoms with van der Waals surface area (Å²) in [5.41, 5.74) is 1.48. The first kappa shape index (κ1) is 14.9. The normalized spacial score (nSPS) is 17.2. The second-order valence-electron chi connectivity index (χ2n) is 5.52. The highest BCUT2D eigenvalue weighted by molar-refractivity contribution is 7.99. The Hall–Kier alpha value is -2.01. The minimum Gasteiger partial charge on any atom is -0.306 e. The van der Waals surface area contributed by atoms with Crippen molar-refractivity contribution in [1.82, 2.24) is 4.57 Å². The number of aromatic nitrogens is 1. The van der Waals surface area contributed by atoms with Crippen molar-refractivity contribution in [3.05, 3.63) is 58.5 Å². The molecule has 2 heterocycles. The Morgan fingerprint density at radius 2 is 2.05 bits per heavy atom. The largest absolute Gasteiger partial charge is 0.306 e. The lowest BCUT2D eigenvalue weighted by Gasteiger charge is -2.35. The SMILES string of the molecule is Cc1cccn(CC(=O)N2c3ccccc3SCC2C)c1=O. The molecule has 0 saturated heterocycles. The number of carbonyl (C=O) groups excluding carboxylic acids is 1. The van der Waals surface area contributed by atoms with E-state index in [4.69, 9.17) is 0 Å². The van der Waals surface area contributed by atoms with E-state index in [9.17, 15) is 9.59 Å². The standard InChI is InChI=1S/C17H18N2O2S/c1-12-6-5-9-18(17(12)21)10-16(20)19-13(2)11-22-15-8-4-3-7-14(15)19/h3-9,13H,10-11H2,1-2H3. The Morgan fingerprint density at radius 1 is 1.27 bits per heavy atom. The number of aryl methyl sites for hydroxylation is 1. The fourth-order valence-electron chi connectivity index (χ4n) is 2.68. The lowest BCUT2D eigenvalue weighted by molar-refractivity contribution is -0.119. The molecule has 5 heteroatoms. The fourth-order valence-corrected chi connectivity index (χ4v) is 3.74. The number of nitrogens with zero attached hydrogens (tertiary/aromatic N) is 2. The lowest BCUT2D eigenvalue weighted by atomic mass is 10.2. The van der Waals surface area contributed by atoms with Crippen molar-refractivity contribution in [2.75, 3.05) is 10.7 Å². The number of amides is 1. The summed E-state index contributed by atoms with van der Waals surface area (Å²) in [6.45, 7) is 3.88. The van der Waals surface area contributed by atoms with Crippen LogP contribution in [0.15, 0.2) is 52.3 Å². The quantitative estimate of drug-likeness (QED) is 0.856. The third-order valence-corrected chi connectivity index (χ3v) is 5.14. The molecule has 0 aliphatic carbocycles. The molecule has 0 fully saturated rings. The molecule has 1 aliphatic heterocycles. The summed E-state index contributed by atoms with van der Waals surface area (Å²) >= 11 is 1.77. The van der Waals surface area contributed by atoms with E-state index in [0.29, 0.717) is 5.56 Å². The van der Waals surface area contributed by atoms with Gasteiger partial charge in [-0.15, -0.1) is 11.8 Å². The number of anilines is 1. The number of benzene rings is 1. The molecule has 0 N–H and O–H groups in total. The van der Waals surface area contributed by atoms with Gasteiger partial charge in [-0.05, 0) is 32.0 Å². The third-order valence-electron chi connectivity index (χ3n) is 3.83. The zero-order valence-corrected chi connectivity index (χ0v) is 13.5. The van der Waals surface area contributed by atoms with Crippen LogP contribution in [0.25, 0.3) is 0 Å². The van der Waals surface area contributed by atoms with Crippen LogP contribution in [0.4, 0.5) is 5.69 Å². The van der Waals surface area contributed by atoms with E-state index in [1.54, 1.807) is 37.0 Å². The van der Waals surface area contributed by atoms with Crippen LogP contribution in [0.3, 0.4) is 0 Å². The minimum absolute atomic E-state index is 0.0482. The molecule has 1 aromatic heterocycles. The highest BCUT2D eigenvalue weighted by Gasteiger charge is 2.28. The van der Waals surface area contributed by atoms with Crippen LogP contribution in [0.5, 0.6) is 0 Å². The van der Waals surface area contributed by atoms with Crippen LogP contribution in [0.1, 0.15) is 12.5 Å². The lowest BCUT2D eigenvalue weighted by Crippen LogP contribution is -2.45. The molecular weight excluding hydrogens is 296 g/mol. The van der Waals surface area contributed by atoms with Crippen molar-refractivity contribution < 1.29 is 4.79 Å². The zero-order chi connectivity index (χ0) is 15.7. The van der Waals surface area contributed by atoms with Crippen LogP contribution in [-0.4, -0.2) is 22.3 Å². The molecule has 1 atom stereocenters. The number of thioether (sulfide) groups is 1. The van der Waals surface area contributed by atoms with Gasteiger partial charge in [-0.1, -0.05) is 18.2 Å². The van der Waals surface area contributed by atoms with Gasteiger partial charge in [0.25, 0.3) is 5.56 Å². The Labute approximate surface area is 133 Å². The summed E-state index contributed by atoms with van der Waals surface area (Å²) in [5.74, 6) is 0.818. The summed E-state index contributed by atoms with van der Waals surface area (Å²) in [4.78, 5) is 27.8. The van der Waals surface area contributed by atoms with Gasteiger partial charge in [-0.25, -0.2) is 0 Å². The number of para-hydroxylation sites is 1. The maximum atomic E-state index is 12.8. The van der Waals surface area contributed by atoms with E-state index < -0.39 is 0 Å². The Balaban J connectivity index is 1.92. The van der Waals surface area contributed by atoms with E-state index in [1.165, 1.54) is 4.57 Å². The predicted octanol–water partition coefficient (Wildman–Crippen LogP) is 2.68. The third kappa shape index (κ3) is 2.68. The van der Waals surface area contributed by atoms with Crippen LogP contribution in [0.2, 0.25) is 0 Å². The first-order valence-corrected chi connectivity index (χ1v) is 8.26. The van der Waals surface area contributed by atoms with Crippen molar-refractivity contribution in [2.24, 2.45) is 0 Å². The molecule has 1 aromatic carbocycles. The van der Waals surface area contributed by atoms with Crippen molar-refractivity contribution in [3.8, 4) is 0 Å². The minimum atomic E-state index is -0.108. The number of pyridine rings is 1. The van der Waals surface area contributed by atoms with E-state index in [-0.39, 0.29) is 24.1 Å². The maximum Gasteiger partial charge on any atom is 0.253 e. The monoisotopic (exact) mass is 314 g/mol. The van der Waals surface area contributed by atoms with Crippen molar-refractivity contribution in [1.29, 1.82) is 0 Å². The molecule has 2 aromatic rings. The van der Waals surface area contributed by atoms with Crippen LogP contribution in [-0.2, 0) is 11.3 Å². The zero-order valence-electron chi connectivity index (χ0n) is 12.7. The van der Waals surface area contributed by atoms with Gasteiger partial charge < -0.3 is 9.47 Å². The Kier molecular flexibility index (Phi) is 4.07. The number of fused-ring (bicyclic) bond motifs is 1. The van der Waals surface area contributed by atoms with Crippen molar-refractivity contribution >= 4 is 23.4 Å². The molecule has 4 nitrogen and oxygen atoms in total. The van der Waals surface area contributed by atoms with Gasteiger partial charge in [-0.3, -0.25) is 9.59 Å². The predicted molar refractivity (Wildman–Crippen MR) is 89.6 cm³/mol. The Bertz CT molecular complexity index is 769. The topological polar surface area (TPSA) is 42.3 Å². The van der Waals surface area contributed by atoms with Crippen LogP contribution >= 0.6 is 11.8 Å². The first-order chi connectivity index (χ1) is 10.6. The summed E-state index contributed by atoms with van der Waals surface area (Å²) in [6.07, 6.45) is 1.67. The van der Waals surface area contributed by atoms with Crippen LogP contribution in [0, 0.1) is 6.92 Å². The average Bonchev–Trinajstić information content (AvgIpc) is 2.51. The van der Waals surface area contributed by atoms with Gasteiger partial charge >= 0.3 is 0 Å². The molecule has 0 bridgehead atoms. The highest BCUT2D eigenvalue weighted by atomic mass is 32.2. The molecule has 22 heavy (non-hydrogen) atoms. The first-order valence-electron chi connectivity index (χ1n) is 7.28. The van der Waals surface area contributed by atoms with Gasteiger partial charge in [0, 0.05) is 28.5 Å². The van der Waals surface area contributed by atoms with Crippen LogP contribution < -0.4 is 10.5 Å². The van der Waals surface area contributed by atoms with Crippen molar-refractivity contribution in [3.63, 3.8) is 0 Å². The summed E-state index contributed by atoms with van der Waals surface area (Å²) in [7, 11) is 0. The highest BCUT2D eigenvalue weighted by Crippen LogP contribution is 2.37. The number of carbonyl (C=O) groups is 1. The summed E-state index contributed by atoms with van der Waals surface area (Å²) in [5, 5.41) is 0. The molecule has 1 aliphatic rings. The molecule has 3 rings (SSSR count). The summed E-state index contributed by atoms with van der Waals surface area (Å²) < 4.78 is 1.48. The second kappa shape index (κ2) is 6.01. The van der Waals surface area contributed by atoms with Crippen molar-refractivity contribution in [2.45, 2.75) is 31.3 Å². The number of hydrogen-bond acceptors (Lipinski definition) is 3. The molecular formula is C17H18N2O2S. The smallest absolute Gasteiger partial charge is 0.253 e. The molecule has 1 amide bonds. The van der Waals surface area contributed by atoms with E-state index in [1.807, 2.05) is 36.1 Å². The average molecular weight is 314 g/mol. The van der Waals surface area contributed by atoms with Gasteiger partial charge in [0.1, 0.15) is 6.54 Å². The fraction of sp³-hybridized carbons (Fsp3) is 0.294. The molecule has 0 spiro atoms. The van der Waals surface area contributed by atoms with Gasteiger partial charge in [0.15, 0.2) is 0 Å². The molecule has 0 saturated carbocycles. The molecule has 1 unspecified atom stereocenters. The summed E-state index contributed by atoms with van der Waals surface area (Å²) in [6, 6.07) is 11.6. The van der Waals surface area contributed by atoms with E-state index in [0.717, 1.165) is 16.3 Å². The number of rotatable bonds is 2. The Morgan fingerprint density at radius 3 is 2.86 bits per heavy atom. The molecule has 0 radical (unpaired) electrons. The number of hydrogen-bond donors (Lipinski definition) is 0. The van der Waals surface area contributed by atoms with E-state index >= 15 is 0 Å². The van der Waals surface area contributed by atoms with Gasteiger partial charge in [0.2, 0.25) is 5.91 Å². The van der Waals surface area contributed by atoms with Gasteiger partial charge in [-0.2, -0.15) is 0 Å².